The molecule has 3 rings (SSSR count). The SMILES string of the molecule is CCc1nnsc1C(=O)N1CCC[C@@H]1[C@@H]1CCCN1CC. The number of carbonyl (C=O) groups is 1. The summed E-state index contributed by atoms with van der Waals surface area (Å²) >= 11 is 1.25. The maximum absolute atomic E-state index is 12.9. The molecule has 2 saturated heterocycles. The second-order valence-electron chi connectivity index (χ2n) is 5.95. The number of rotatable bonds is 4. The Labute approximate surface area is 130 Å². The van der Waals surface area contributed by atoms with E-state index in [9.17, 15) is 4.79 Å². The molecule has 0 saturated carbocycles. The summed E-state index contributed by atoms with van der Waals surface area (Å²) < 4.78 is 3.97. The first-order chi connectivity index (χ1) is 10.3. The van der Waals surface area contributed by atoms with Crippen molar-refractivity contribution >= 4 is 17.4 Å². The van der Waals surface area contributed by atoms with Gasteiger partial charge in [0.25, 0.3) is 5.91 Å². The average Bonchev–Trinajstić information content (AvgIpc) is 3.23. The fraction of sp³-hybridized carbons (Fsp3) is 0.800. The van der Waals surface area contributed by atoms with Crippen molar-refractivity contribution in [3.63, 3.8) is 0 Å². The van der Waals surface area contributed by atoms with Crippen molar-refractivity contribution in [1.82, 2.24) is 19.4 Å². The van der Waals surface area contributed by atoms with Crippen molar-refractivity contribution in [3.05, 3.63) is 10.6 Å². The van der Waals surface area contributed by atoms with Gasteiger partial charge >= 0.3 is 0 Å². The fourth-order valence-electron chi connectivity index (χ4n) is 3.86. The van der Waals surface area contributed by atoms with Crippen molar-refractivity contribution in [2.75, 3.05) is 19.6 Å². The van der Waals surface area contributed by atoms with Gasteiger partial charge in [-0.15, -0.1) is 5.10 Å². The molecule has 1 amide bonds. The second-order valence-corrected chi connectivity index (χ2v) is 6.70. The molecule has 2 fully saturated rings. The van der Waals surface area contributed by atoms with Gasteiger partial charge < -0.3 is 4.90 Å². The quantitative estimate of drug-likeness (QED) is 0.855. The van der Waals surface area contributed by atoms with Crippen LogP contribution in [0.5, 0.6) is 0 Å². The van der Waals surface area contributed by atoms with Crippen LogP contribution in [0.15, 0.2) is 0 Å². The Morgan fingerprint density at radius 3 is 2.76 bits per heavy atom. The molecule has 2 atom stereocenters. The molecule has 0 unspecified atom stereocenters. The topological polar surface area (TPSA) is 49.3 Å². The zero-order chi connectivity index (χ0) is 14.8. The van der Waals surface area contributed by atoms with Gasteiger partial charge in [-0.2, -0.15) is 0 Å². The van der Waals surface area contributed by atoms with Crippen LogP contribution in [0.25, 0.3) is 0 Å². The van der Waals surface area contributed by atoms with Crippen LogP contribution < -0.4 is 0 Å². The third-order valence-corrected chi connectivity index (χ3v) is 5.67. The van der Waals surface area contributed by atoms with Crippen LogP contribution in [0.2, 0.25) is 0 Å². The third kappa shape index (κ3) is 2.71. The summed E-state index contributed by atoms with van der Waals surface area (Å²) in [5.74, 6) is 0.160. The van der Waals surface area contributed by atoms with Crippen molar-refractivity contribution in [2.24, 2.45) is 0 Å². The van der Waals surface area contributed by atoms with Gasteiger partial charge in [0.15, 0.2) is 0 Å². The molecule has 6 heteroatoms. The largest absolute Gasteiger partial charge is 0.333 e. The van der Waals surface area contributed by atoms with E-state index in [2.05, 4.69) is 26.3 Å². The van der Waals surface area contributed by atoms with Crippen molar-refractivity contribution in [3.8, 4) is 0 Å². The monoisotopic (exact) mass is 308 g/mol. The van der Waals surface area contributed by atoms with Gasteiger partial charge in [-0.3, -0.25) is 9.69 Å². The molecule has 21 heavy (non-hydrogen) atoms. The van der Waals surface area contributed by atoms with Gasteiger partial charge in [0, 0.05) is 18.6 Å². The van der Waals surface area contributed by atoms with Crippen LogP contribution in [0.3, 0.4) is 0 Å². The third-order valence-electron chi connectivity index (χ3n) is 4.91. The minimum Gasteiger partial charge on any atom is -0.333 e. The number of amides is 1. The number of likely N-dealkylation sites (tertiary alicyclic amines) is 2. The highest BCUT2D eigenvalue weighted by molar-refractivity contribution is 7.08. The average molecular weight is 308 g/mol. The highest BCUT2D eigenvalue weighted by Gasteiger charge is 2.40. The number of hydrogen-bond acceptors (Lipinski definition) is 5. The molecule has 1 aromatic rings. The first kappa shape index (κ1) is 14.9. The van der Waals surface area contributed by atoms with E-state index in [1.165, 1.54) is 30.9 Å². The zero-order valence-electron chi connectivity index (χ0n) is 12.9. The minimum absolute atomic E-state index is 0.160. The Morgan fingerprint density at radius 2 is 2.00 bits per heavy atom. The lowest BCUT2D eigenvalue weighted by atomic mass is 10.0. The summed E-state index contributed by atoms with van der Waals surface area (Å²) in [6.07, 6.45) is 5.53. The Morgan fingerprint density at radius 1 is 1.24 bits per heavy atom. The summed E-state index contributed by atoms with van der Waals surface area (Å²) in [5.41, 5.74) is 0.856. The van der Waals surface area contributed by atoms with Gasteiger partial charge in [-0.1, -0.05) is 18.3 Å². The molecule has 2 aliphatic rings. The Balaban J connectivity index is 1.79. The number of aryl methyl sites for hydroxylation is 1. The highest BCUT2D eigenvalue weighted by Crippen LogP contribution is 2.31. The van der Waals surface area contributed by atoms with Crippen LogP contribution in [0, 0.1) is 0 Å². The molecule has 116 valence electrons. The molecule has 2 aliphatic heterocycles. The van der Waals surface area contributed by atoms with Gasteiger partial charge in [0.1, 0.15) is 4.88 Å². The van der Waals surface area contributed by atoms with Gasteiger partial charge in [0.2, 0.25) is 0 Å². The van der Waals surface area contributed by atoms with E-state index in [-0.39, 0.29) is 5.91 Å². The van der Waals surface area contributed by atoms with Crippen LogP contribution in [0.1, 0.15) is 54.9 Å². The van der Waals surface area contributed by atoms with Crippen LogP contribution in [0.4, 0.5) is 0 Å². The minimum atomic E-state index is 0.160. The molecule has 0 bridgehead atoms. The number of aromatic nitrogens is 2. The number of nitrogens with zero attached hydrogens (tertiary/aromatic N) is 4. The van der Waals surface area contributed by atoms with Crippen LogP contribution in [-0.2, 0) is 6.42 Å². The normalized spacial score (nSPS) is 26.7. The lowest BCUT2D eigenvalue weighted by Gasteiger charge is -2.34. The summed E-state index contributed by atoms with van der Waals surface area (Å²) in [5, 5.41) is 4.09. The second kappa shape index (κ2) is 6.40. The van der Waals surface area contributed by atoms with E-state index in [1.807, 2.05) is 6.92 Å². The lowest BCUT2D eigenvalue weighted by molar-refractivity contribution is 0.0653. The zero-order valence-corrected chi connectivity index (χ0v) is 13.7. The standard InChI is InChI=1S/C15H24N4OS/c1-3-11-14(21-17-16-11)15(20)19-10-6-8-13(19)12-7-5-9-18(12)4-2/h12-13H,3-10H2,1-2H3/t12-,13+/m0/s1. The van der Waals surface area contributed by atoms with Crippen molar-refractivity contribution in [2.45, 2.75) is 58.0 Å². The molecular weight excluding hydrogens is 284 g/mol. The maximum Gasteiger partial charge on any atom is 0.267 e. The summed E-state index contributed by atoms with van der Waals surface area (Å²) in [4.78, 5) is 18.3. The summed E-state index contributed by atoms with van der Waals surface area (Å²) in [6.45, 7) is 7.42. The van der Waals surface area contributed by atoms with E-state index >= 15 is 0 Å². The molecule has 0 aromatic carbocycles. The Hall–Kier alpha value is -1.01. The highest BCUT2D eigenvalue weighted by atomic mass is 32.1. The van der Waals surface area contributed by atoms with E-state index in [0.29, 0.717) is 12.1 Å². The van der Waals surface area contributed by atoms with Crippen molar-refractivity contribution in [1.29, 1.82) is 0 Å². The van der Waals surface area contributed by atoms with E-state index in [0.717, 1.165) is 42.9 Å². The van der Waals surface area contributed by atoms with E-state index < -0.39 is 0 Å². The first-order valence-electron chi connectivity index (χ1n) is 8.12. The number of carbonyl (C=O) groups excluding carboxylic acids is 1. The smallest absolute Gasteiger partial charge is 0.267 e. The predicted molar refractivity (Wildman–Crippen MR) is 83.6 cm³/mol. The Kier molecular flexibility index (Phi) is 4.54. The van der Waals surface area contributed by atoms with Gasteiger partial charge in [-0.05, 0) is 56.7 Å². The molecule has 3 heterocycles. The van der Waals surface area contributed by atoms with E-state index in [1.54, 1.807) is 0 Å². The maximum atomic E-state index is 12.9. The first-order valence-corrected chi connectivity index (χ1v) is 8.89. The van der Waals surface area contributed by atoms with Gasteiger partial charge in [0.05, 0.1) is 5.69 Å². The molecule has 0 aliphatic carbocycles. The predicted octanol–water partition coefficient (Wildman–Crippen LogP) is 2.19. The summed E-state index contributed by atoms with van der Waals surface area (Å²) in [7, 11) is 0. The lowest BCUT2D eigenvalue weighted by Crippen LogP contribution is -2.48. The fourth-order valence-corrected chi connectivity index (χ4v) is 4.56. The van der Waals surface area contributed by atoms with Gasteiger partial charge in [-0.25, -0.2) is 0 Å². The number of hydrogen-bond donors (Lipinski definition) is 0. The van der Waals surface area contributed by atoms with Crippen molar-refractivity contribution < 1.29 is 4.79 Å². The molecule has 0 N–H and O–H groups in total. The molecular formula is C15H24N4OS. The molecule has 1 aromatic heterocycles. The molecule has 0 spiro atoms. The summed E-state index contributed by atoms with van der Waals surface area (Å²) in [6, 6.07) is 0.930. The Bertz CT molecular complexity index is 504. The van der Waals surface area contributed by atoms with Crippen LogP contribution in [-0.4, -0.2) is 57.0 Å². The van der Waals surface area contributed by atoms with Crippen LogP contribution >= 0.6 is 11.5 Å². The number of likely N-dealkylation sites (N-methyl/N-ethyl adjacent to an activating group) is 1. The molecule has 0 radical (unpaired) electrons. The van der Waals surface area contributed by atoms with E-state index in [4.69, 9.17) is 0 Å². The molecule has 5 nitrogen and oxygen atoms in total.